The number of pyridine rings is 1. The van der Waals surface area contributed by atoms with Crippen LogP contribution < -0.4 is 11.1 Å². The van der Waals surface area contributed by atoms with Gasteiger partial charge in [-0.05, 0) is 30.7 Å². The zero-order valence-corrected chi connectivity index (χ0v) is 10.3. The van der Waals surface area contributed by atoms with Crippen LogP contribution in [-0.2, 0) is 0 Å². The summed E-state index contributed by atoms with van der Waals surface area (Å²) in [5.41, 5.74) is 6.93. The molecule has 1 aromatic heterocycles. The fourth-order valence-corrected chi connectivity index (χ4v) is 2.41. The van der Waals surface area contributed by atoms with E-state index in [-0.39, 0.29) is 0 Å². The third-order valence-electron chi connectivity index (χ3n) is 3.83. The Morgan fingerprint density at radius 3 is 2.76 bits per heavy atom. The molecule has 0 aromatic carbocycles. The van der Waals surface area contributed by atoms with E-state index in [1.165, 1.54) is 6.42 Å². The number of rotatable bonds is 2. The van der Waals surface area contributed by atoms with E-state index in [1.54, 1.807) is 12.3 Å². The number of hydrogen-bond acceptors (Lipinski definition) is 4. The highest BCUT2D eigenvalue weighted by molar-refractivity contribution is 5.63. The number of anilines is 2. The second-order valence-electron chi connectivity index (χ2n) is 4.94. The normalized spacial score (nSPS) is 27.7. The molecule has 0 bridgehead atoms. The van der Waals surface area contributed by atoms with Crippen LogP contribution in [0.1, 0.15) is 32.3 Å². The number of nitriles is 1. The molecule has 0 saturated heterocycles. The van der Waals surface area contributed by atoms with E-state index in [1.807, 2.05) is 6.07 Å². The van der Waals surface area contributed by atoms with Crippen molar-refractivity contribution < 1.29 is 0 Å². The molecule has 3 unspecified atom stereocenters. The molecular weight excluding hydrogens is 212 g/mol. The number of nitrogen functional groups attached to an aromatic ring is 1. The van der Waals surface area contributed by atoms with Gasteiger partial charge >= 0.3 is 0 Å². The Kier molecular flexibility index (Phi) is 3.19. The number of nitrogens with two attached hydrogens (primary N) is 1. The van der Waals surface area contributed by atoms with E-state index in [4.69, 9.17) is 11.0 Å². The van der Waals surface area contributed by atoms with Crippen LogP contribution in [0.4, 0.5) is 11.5 Å². The van der Waals surface area contributed by atoms with Crippen LogP contribution in [-0.4, -0.2) is 11.0 Å². The SMILES string of the molecule is CC1CCC(Nc2ncc(C#N)cc2N)C1C. The van der Waals surface area contributed by atoms with E-state index < -0.39 is 0 Å². The minimum absolute atomic E-state index is 0.438. The Labute approximate surface area is 102 Å². The highest BCUT2D eigenvalue weighted by Gasteiger charge is 2.30. The molecule has 4 nitrogen and oxygen atoms in total. The third kappa shape index (κ3) is 2.33. The van der Waals surface area contributed by atoms with Crippen LogP contribution in [0.15, 0.2) is 12.3 Å². The largest absolute Gasteiger partial charge is 0.396 e. The van der Waals surface area contributed by atoms with Crippen LogP contribution in [0.25, 0.3) is 0 Å². The molecule has 1 fully saturated rings. The molecule has 3 atom stereocenters. The van der Waals surface area contributed by atoms with Gasteiger partial charge in [0.05, 0.1) is 11.3 Å². The van der Waals surface area contributed by atoms with Crippen LogP contribution >= 0.6 is 0 Å². The quantitative estimate of drug-likeness (QED) is 0.818. The summed E-state index contributed by atoms with van der Waals surface area (Å²) in [6.45, 7) is 4.54. The first-order valence-electron chi connectivity index (χ1n) is 6.04. The van der Waals surface area contributed by atoms with E-state index in [9.17, 15) is 0 Å². The first-order chi connectivity index (χ1) is 8.11. The maximum absolute atomic E-state index is 8.75. The predicted octanol–water partition coefficient (Wildman–Crippen LogP) is 2.38. The average molecular weight is 230 g/mol. The van der Waals surface area contributed by atoms with Gasteiger partial charge in [0, 0.05) is 12.2 Å². The van der Waals surface area contributed by atoms with Crippen molar-refractivity contribution in [3.05, 3.63) is 17.8 Å². The number of nitrogens with one attached hydrogen (secondary N) is 1. The standard InChI is InChI=1S/C13H18N4/c1-8-3-4-12(9(8)2)17-13-11(15)5-10(6-14)7-16-13/h5,7-9,12H,3-4,15H2,1-2H3,(H,16,17). The topological polar surface area (TPSA) is 74.7 Å². The number of nitrogens with zero attached hydrogens (tertiary/aromatic N) is 2. The van der Waals surface area contributed by atoms with E-state index in [0.29, 0.717) is 29.0 Å². The lowest BCUT2D eigenvalue weighted by Gasteiger charge is -2.21. The molecule has 4 heteroatoms. The van der Waals surface area contributed by atoms with Gasteiger partial charge in [0.2, 0.25) is 0 Å². The minimum atomic E-state index is 0.438. The number of hydrogen-bond donors (Lipinski definition) is 2. The van der Waals surface area contributed by atoms with Crippen molar-refractivity contribution in [2.24, 2.45) is 11.8 Å². The molecule has 0 radical (unpaired) electrons. The van der Waals surface area contributed by atoms with E-state index >= 15 is 0 Å². The van der Waals surface area contributed by atoms with Gasteiger partial charge in [-0.1, -0.05) is 13.8 Å². The summed E-state index contributed by atoms with van der Waals surface area (Å²) in [6, 6.07) is 4.14. The second-order valence-corrected chi connectivity index (χ2v) is 4.94. The Morgan fingerprint density at radius 2 is 2.24 bits per heavy atom. The summed E-state index contributed by atoms with van der Waals surface area (Å²) in [5, 5.41) is 12.1. The summed E-state index contributed by atoms with van der Waals surface area (Å²) in [6.07, 6.45) is 3.96. The molecule has 1 heterocycles. The van der Waals surface area contributed by atoms with Gasteiger partial charge in [0.25, 0.3) is 0 Å². The van der Waals surface area contributed by atoms with Crippen molar-refractivity contribution >= 4 is 11.5 Å². The molecule has 2 rings (SSSR count). The predicted molar refractivity (Wildman–Crippen MR) is 68.3 cm³/mol. The molecule has 0 aliphatic heterocycles. The number of aromatic nitrogens is 1. The minimum Gasteiger partial charge on any atom is -0.396 e. The molecule has 90 valence electrons. The molecule has 1 aliphatic carbocycles. The van der Waals surface area contributed by atoms with E-state index in [0.717, 1.165) is 12.3 Å². The lowest BCUT2D eigenvalue weighted by molar-refractivity contribution is 0.435. The van der Waals surface area contributed by atoms with Crippen molar-refractivity contribution in [3.8, 4) is 6.07 Å². The van der Waals surface area contributed by atoms with Crippen molar-refractivity contribution in [3.63, 3.8) is 0 Å². The Balaban J connectivity index is 2.12. The molecule has 0 spiro atoms. The van der Waals surface area contributed by atoms with Gasteiger partial charge in [-0.2, -0.15) is 5.26 Å². The van der Waals surface area contributed by atoms with E-state index in [2.05, 4.69) is 24.1 Å². The molecule has 3 N–H and O–H groups in total. The monoisotopic (exact) mass is 230 g/mol. The summed E-state index contributed by atoms with van der Waals surface area (Å²) in [4.78, 5) is 4.21. The third-order valence-corrected chi connectivity index (χ3v) is 3.83. The summed E-state index contributed by atoms with van der Waals surface area (Å²) < 4.78 is 0. The van der Waals surface area contributed by atoms with Gasteiger partial charge in [-0.25, -0.2) is 4.98 Å². The maximum Gasteiger partial charge on any atom is 0.149 e. The highest BCUT2D eigenvalue weighted by atomic mass is 15.0. The van der Waals surface area contributed by atoms with Crippen LogP contribution in [0.5, 0.6) is 0 Å². The molecule has 1 aliphatic rings. The van der Waals surface area contributed by atoms with Gasteiger partial charge < -0.3 is 11.1 Å². The lowest BCUT2D eigenvalue weighted by Crippen LogP contribution is -2.25. The molecule has 17 heavy (non-hydrogen) atoms. The molecule has 1 saturated carbocycles. The average Bonchev–Trinajstić information content (AvgIpc) is 2.63. The Morgan fingerprint density at radius 1 is 1.47 bits per heavy atom. The molecule has 1 aromatic rings. The summed E-state index contributed by atoms with van der Waals surface area (Å²) in [7, 11) is 0. The molecular formula is C13H18N4. The van der Waals surface area contributed by atoms with Gasteiger partial charge in [0.15, 0.2) is 0 Å². The maximum atomic E-state index is 8.75. The second kappa shape index (κ2) is 4.62. The zero-order valence-electron chi connectivity index (χ0n) is 10.3. The van der Waals surface area contributed by atoms with Crippen LogP contribution in [0.3, 0.4) is 0 Å². The van der Waals surface area contributed by atoms with Crippen molar-refractivity contribution in [1.82, 2.24) is 4.98 Å². The summed E-state index contributed by atoms with van der Waals surface area (Å²) in [5.74, 6) is 2.08. The van der Waals surface area contributed by atoms with Crippen LogP contribution in [0, 0.1) is 23.2 Å². The van der Waals surface area contributed by atoms with Gasteiger partial charge in [-0.15, -0.1) is 0 Å². The first-order valence-corrected chi connectivity index (χ1v) is 6.04. The Bertz CT molecular complexity index is 449. The van der Waals surface area contributed by atoms with Gasteiger partial charge in [-0.3, -0.25) is 0 Å². The van der Waals surface area contributed by atoms with Gasteiger partial charge in [0.1, 0.15) is 11.9 Å². The van der Waals surface area contributed by atoms with Crippen molar-refractivity contribution in [2.45, 2.75) is 32.7 Å². The summed E-state index contributed by atoms with van der Waals surface area (Å²) >= 11 is 0. The fourth-order valence-electron chi connectivity index (χ4n) is 2.41. The highest BCUT2D eigenvalue weighted by Crippen LogP contribution is 2.33. The Hall–Kier alpha value is -1.76. The lowest BCUT2D eigenvalue weighted by atomic mass is 9.98. The first kappa shape index (κ1) is 11.7. The molecule has 0 amide bonds. The van der Waals surface area contributed by atoms with Crippen molar-refractivity contribution in [1.29, 1.82) is 5.26 Å². The van der Waals surface area contributed by atoms with Crippen LogP contribution in [0.2, 0.25) is 0 Å². The van der Waals surface area contributed by atoms with Crippen molar-refractivity contribution in [2.75, 3.05) is 11.1 Å². The zero-order chi connectivity index (χ0) is 12.4. The smallest absolute Gasteiger partial charge is 0.149 e. The fraction of sp³-hybridized carbons (Fsp3) is 0.538.